The van der Waals surface area contributed by atoms with Gasteiger partial charge in [-0.1, -0.05) is 42.5 Å². The zero-order valence-electron chi connectivity index (χ0n) is 12.9. The van der Waals surface area contributed by atoms with Crippen molar-refractivity contribution in [3.8, 4) is 0 Å². The first-order chi connectivity index (χ1) is 10.6. The van der Waals surface area contributed by atoms with Crippen molar-refractivity contribution >= 4 is 28.3 Å². The molecular weight excluding hydrogens is 336 g/mol. The summed E-state index contributed by atoms with van der Waals surface area (Å²) in [5.74, 6) is -0.751. The van der Waals surface area contributed by atoms with E-state index < -0.39 is 10.0 Å². The number of benzene rings is 1. The molecule has 1 saturated heterocycles. The van der Waals surface area contributed by atoms with Gasteiger partial charge in [-0.3, -0.25) is 9.52 Å². The van der Waals surface area contributed by atoms with Crippen LogP contribution in [0.25, 0.3) is 0 Å². The zero-order chi connectivity index (χ0) is 15.8. The van der Waals surface area contributed by atoms with Crippen LogP contribution in [-0.4, -0.2) is 33.2 Å². The third-order valence-corrected chi connectivity index (χ3v) is 4.79. The minimum Gasteiger partial charge on any atom is -0.317 e. The molecule has 0 aromatic heterocycles. The van der Waals surface area contributed by atoms with Gasteiger partial charge in [-0.15, -0.1) is 12.4 Å². The Morgan fingerprint density at radius 2 is 1.83 bits per heavy atom. The molecule has 2 N–H and O–H groups in total. The van der Waals surface area contributed by atoms with Gasteiger partial charge in [-0.05, 0) is 37.9 Å². The third kappa shape index (κ3) is 7.16. The van der Waals surface area contributed by atoms with Crippen molar-refractivity contribution in [2.45, 2.75) is 19.3 Å². The second-order valence-electron chi connectivity index (χ2n) is 5.43. The smallest absolute Gasteiger partial charge is 0.238 e. The van der Waals surface area contributed by atoms with Crippen LogP contribution in [0.5, 0.6) is 0 Å². The number of rotatable bonds is 6. The lowest BCUT2D eigenvalue weighted by Gasteiger charge is -2.21. The van der Waals surface area contributed by atoms with Gasteiger partial charge in [0.05, 0.1) is 5.75 Å². The van der Waals surface area contributed by atoms with Crippen LogP contribution in [0.3, 0.4) is 0 Å². The summed E-state index contributed by atoms with van der Waals surface area (Å²) in [6, 6.07) is 9.79. The van der Waals surface area contributed by atoms with Crippen LogP contribution in [0.2, 0.25) is 0 Å². The maximum Gasteiger partial charge on any atom is 0.238 e. The third-order valence-electron chi connectivity index (χ3n) is 3.64. The highest BCUT2D eigenvalue weighted by molar-refractivity contribution is 7.90. The average molecular weight is 359 g/mol. The molecule has 1 aliphatic heterocycles. The van der Waals surface area contributed by atoms with E-state index in [1.54, 1.807) is 6.08 Å². The molecule has 1 aliphatic rings. The summed E-state index contributed by atoms with van der Waals surface area (Å²) in [4.78, 5) is 11.9. The molecule has 0 atom stereocenters. The quantitative estimate of drug-likeness (QED) is 0.758. The van der Waals surface area contributed by atoms with E-state index in [1.165, 1.54) is 0 Å². The summed E-state index contributed by atoms with van der Waals surface area (Å²) in [5.41, 5.74) is 1.12. The highest BCUT2D eigenvalue weighted by Crippen LogP contribution is 2.11. The molecule has 1 aromatic rings. The van der Waals surface area contributed by atoms with Gasteiger partial charge < -0.3 is 5.32 Å². The van der Waals surface area contributed by atoms with Crippen LogP contribution in [0.1, 0.15) is 18.4 Å². The fourth-order valence-corrected chi connectivity index (χ4v) is 3.34. The number of carbonyl (C=O) groups is 1. The molecule has 23 heavy (non-hydrogen) atoms. The summed E-state index contributed by atoms with van der Waals surface area (Å²) < 4.78 is 26.0. The average Bonchev–Trinajstić information content (AvgIpc) is 2.53. The van der Waals surface area contributed by atoms with Crippen molar-refractivity contribution in [1.82, 2.24) is 10.0 Å². The topological polar surface area (TPSA) is 75.3 Å². The standard InChI is InChI=1S/C16H22N2O3S.ClH/c19-16(15-9-11-17-12-10-15)18-22(20,21)13-5-4-8-14-6-2-1-3-7-14;/h1-7,15,17H,8-13H2,(H,18,19);1H. The second-order valence-corrected chi connectivity index (χ2v) is 7.20. The first-order valence-corrected chi connectivity index (χ1v) is 9.16. The number of allylic oxidation sites excluding steroid dienone is 1. The Labute approximate surface area is 144 Å². The molecule has 0 radical (unpaired) electrons. The van der Waals surface area contributed by atoms with Crippen LogP contribution < -0.4 is 10.0 Å². The normalized spacial score (nSPS) is 16.0. The van der Waals surface area contributed by atoms with Crippen molar-refractivity contribution in [2.75, 3.05) is 18.8 Å². The van der Waals surface area contributed by atoms with Gasteiger partial charge in [0, 0.05) is 5.92 Å². The van der Waals surface area contributed by atoms with Gasteiger partial charge in [0.25, 0.3) is 0 Å². The monoisotopic (exact) mass is 358 g/mol. The van der Waals surface area contributed by atoms with Crippen LogP contribution >= 0.6 is 12.4 Å². The minimum absolute atomic E-state index is 0. The molecule has 0 unspecified atom stereocenters. The van der Waals surface area contributed by atoms with E-state index in [9.17, 15) is 13.2 Å². The zero-order valence-corrected chi connectivity index (χ0v) is 14.5. The number of hydrogen-bond acceptors (Lipinski definition) is 4. The largest absolute Gasteiger partial charge is 0.317 e. The highest BCUT2D eigenvalue weighted by atomic mass is 35.5. The minimum atomic E-state index is -3.59. The van der Waals surface area contributed by atoms with Gasteiger partial charge in [0.1, 0.15) is 0 Å². The molecule has 2 rings (SSSR count). The highest BCUT2D eigenvalue weighted by Gasteiger charge is 2.24. The van der Waals surface area contributed by atoms with Gasteiger partial charge in [0.2, 0.25) is 15.9 Å². The molecule has 128 valence electrons. The van der Waals surface area contributed by atoms with Crippen molar-refractivity contribution in [2.24, 2.45) is 5.92 Å². The number of carbonyl (C=O) groups excluding carboxylic acids is 1. The first kappa shape index (κ1) is 19.7. The Kier molecular flexibility index (Phi) is 8.30. The maximum atomic E-state index is 11.9. The van der Waals surface area contributed by atoms with Crippen LogP contribution in [0, 0.1) is 5.92 Å². The van der Waals surface area contributed by atoms with Crippen molar-refractivity contribution in [1.29, 1.82) is 0 Å². The predicted octanol–water partition coefficient (Wildman–Crippen LogP) is 1.65. The number of piperidine rings is 1. The summed E-state index contributed by atoms with van der Waals surface area (Å²) in [6.07, 6.45) is 5.45. The van der Waals surface area contributed by atoms with Crippen LogP contribution in [0.15, 0.2) is 42.5 Å². The van der Waals surface area contributed by atoms with Crippen molar-refractivity contribution < 1.29 is 13.2 Å². The SMILES string of the molecule is Cl.O=C(NS(=O)(=O)CC=CCc1ccccc1)C1CCNCC1. The first-order valence-electron chi connectivity index (χ1n) is 7.51. The lowest BCUT2D eigenvalue weighted by Crippen LogP contribution is -2.41. The molecule has 5 nitrogen and oxygen atoms in total. The van der Waals surface area contributed by atoms with E-state index in [4.69, 9.17) is 0 Å². The van der Waals surface area contributed by atoms with E-state index in [1.807, 2.05) is 36.4 Å². The molecule has 1 aromatic carbocycles. The van der Waals surface area contributed by atoms with Crippen molar-refractivity contribution in [3.05, 3.63) is 48.0 Å². The summed E-state index contributed by atoms with van der Waals surface area (Å²) in [5, 5.41) is 3.15. The van der Waals surface area contributed by atoms with E-state index in [0.29, 0.717) is 19.3 Å². The fraction of sp³-hybridized carbons (Fsp3) is 0.438. The Hall–Kier alpha value is -1.37. The summed E-state index contributed by atoms with van der Waals surface area (Å²) in [7, 11) is -3.59. The lowest BCUT2D eigenvalue weighted by atomic mass is 9.98. The Morgan fingerprint density at radius 3 is 2.48 bits per heavy atom. The van der Waals surface area contributed by atoms with Gasteiger partial charge in [-0.25, -0.2) is 8.42 Å². The summed E-state index contributed by atoms with van der Waals surface area (Å²) >= 11 is 0. The van der Waals surface area contributed by atoms with Crippen LogP contribution in [0.4, 0.5) is 0 Å². The fourth-order valence-electron chi connectivity index (χ4n) is 2.39. The molecule has 0 spiro atoms. The molecule has 0 saturated carbocycles. The summed E-state index contributed by atoms with van der Waals surface area (Å²) in [6.45, 7) is 1.52. The lowest BCUT2D eigenvalue weighted by molar-refractivity contribution is -0.123. The molecule has 7 heteroatoms. The molecule has 0 aliphatic carbocycles. The number of sulfonamides is 1. The van der Waals surface area contributed by atoms with Gasteiger partial charge in [-0.2, -0.15) is 0 Å². The molecule has 0 bridgehead atoms. The number of halogens is 1. The van der Waals surface area contributed by atoms with Crippen molar-refractivity contribution in [3.63, 3.8) is 0 Å². The maximum absolute atomic E-state index is 11.9. The number of hydrogen-bond donors (Lipinski definition) is 2. The van der Waals surface area contributed by atoms with E-state index in [2.05, 4.69) is 10.0 Å². The van der Waals surface area contributed by atoms with E-state index >= 15 is 0 Å². The van der Waals surface area contributed by atoms with E-state index in [0.717, 1.165) is 18.7 Å². The van der Waals surface area contributed by atoms with Crippen LogP contribution in [-0.2, 0) is 21.2 Å². The van der Waals surface area contributed by atoms with E-state index in [-0.39, 0.29) is 30.0 Å². The second kappa shape index (κ2) is 9.70. The molecular formula is C16H23ClN2O3S. The molecule has 1 heterocycles. The van der Waals surface area contributed by atoms with Gasteiger partial charge in [0.15, 0.2) is 0 Å². The molecule has 1 fully saturated rings. The molecule has 1 amide bonds. The Morgan fingerprint density at radius 1 is 1.17 bits per heavy atom. The number of amides is 1. The number of nitrogens with one attached hydrogen (secondary N) is 2. The van der Waals surface area contributed by atoms with Gasteiger partial charge >= 0.3 is 0 Å². The predicted molar refractivity (Wildman–Crippen MR) is 94.1 cm³/mol. The Balaban J connectivity index is 0.00000264. The Bertz CT molecular complexity index is 611.